The summed E-state index contributed by atoms with van der Waals surface area (Å²) in [6.07, 6.45) is 3.96. The van der Waals surface area contributed by atoms with E-state index < -0.39 is 11.4 Å². The predicted molar refractivity (Wildman–Crippen MR) is 85.9 cm³/mol. The zero-order valence-electron chi connectivity index (χ0n) is 12.9. The molecule has 2 rings (SSSR count). The lowest BCUT2D eigenvalue weighted by atomic mass is 9.81. The Bertz CT molecular complexity index is 508. The number of hydrogen-bond donors (Lipinski definition) is 1. The van der Waals surface area contributed by atoms with Gasteiger partial charge in [0.25, 0.3) is 0 Å². The van der Waals surface area contributed by atoms with Gasteiger partial charge < -0.3 is 5.11 Å². The van der Waals surface area contributed by atoms with E-state index in [0.717, 1.165) is 35.8 Å². The molecule has 0 amide bonds. The van der Waals surface area contributed by atoms with Crippen LogP contribution in [0.15, 0.2) is 18.2 Å². The van der Waals surface area contributed by atoms with Crippen molar-refractivity contribution < 1.29 is 9.90 Å². The first-order valence-corrected chi connectivity index (χ1v) is 7.99. The van der Waals surface area contributed by atoms with Crippen LogP contribution in [0.1, 0.15) is 50.7 Å². The van der Waals surface area contributed by atoms with Crippen LogP contribution in [0.3, 0.4) is 0 Å². The van der Waals surface area contributed by atoms with E-state index in [1.807, 2.05) is 26.0 Å². The molecule has 1 saturated heterocycles. The zero-order chi connectivity index (χ0) is 15.5. The fourth-order valence-corrected chi connectivity index (χ4v) is 3.18. The van der Waals surface area contributed by atoms with Gasteiger partial charge in [0.2, 0.25) is 0 Å². The van der Waals surface area contributed by atoms with Crippen molar-refractivity contribution in [3.63, 3.8) is 0 Å². The topological polar surface area (TPSA) is 40.5 Å². The molecule has 1 fully saturated rings. The summed E-state index contributed by atoms with van der Waals surface area (Å²) in [7, 11) is 0. The molecule has 0 radical (unpaired) electrons. The van der Waals surface area contributed by atoms with Crippen LogP contribution >= 0.6 is 11.6 Å². The first kappa shape index (κ1) is 16.3. The number of rotatable bonds is 5. The minimum atomic E-state index is -0.784. The van der Waals surface area contributed by atoms with Crippen molar-refractivity contribution in [1.82, 2.24) is 4.90 Å². The molecule has 1 aromatic carbocycles. The second-order valence-electron chi connectivity index (χ2n) is 6.60. The molecule has 1 heterocycles. The number of carboxylic acids is 1. The Morgan fingerprint density at radius 2 is 1.95 bits per heavy atom. The molecular formula is C17H24ClNO2. The van der Waals surface area contributed by atoms with Crippen molar-refractivity contribution >= 4 is 17.6 Å². The summed E-state index contributed by atoms with van der Waals surface area (Å²) in [5.41, 5.74) is 1.71. The Kier molecular flexibility index (Phi) is 5.28. The van der Waals surface area contributed by atoms with Gasteiger partial charge in [-0.3, -0.25) is 9.69 Å². The Morgan fingerprint density at radius 1 is 1.29 bits per heavy atom. The van der Waals surface area contributed by atoms with E-state index in [1.54, 1.807) is 0 Å². The molecular weight excluding hydrogens is 286 g/mol. The molecule has 1 aliphatic rings. The van der Waals surface area contributed by atoms with E-state index in [0.29, 0.717) is 0 Å². The van der Waals surface area contributed by atoms with Crippen LogP contribution in [0.2, 0.25) is 5.02 Å². The molecule has 3 nitrogen and oxygen atoms in total. The Hall–Kier alpha value is -1.06. The van der Waals surface area contributed by atoms with Crippen LogP contribution in [-0.2, 0) is 16.8 Å². The third-order valence-electron chi connectivity index (χ3n) is 4.27. The van der Waals surface area contributed by atoms with Gasteiger partial charge in [-0.2, -0.15) is 0 Å². The quantitative estimate of drug-likeness (QED) is 0.891. The van der Waals surface area contributed by atoms with E-state index in [9.17, 15) is 4.79 Å². The van der Waals surface area contributed by atoms with Gasteiger partial charge in [0.15, 0.2) is 0 Å². The highest BCUT2D eigenvalue weighted by Gasteiger charge is 2.25. The Labute approximate surface area is 131 Å². The fraction of sp³-hybridized carbons (Fsp3) is 0.588. The number of nitrogens with zero attached hydrogens (tertiary/aromatic N) is 1. The molecule has 1 N–H and O–H groups in total. The lowest BCUT2D eigenvalue weighted by molar-refractivity contribution is -0.138. The molecule has 0 aliphatic carbocycles. The van der Waals surface area contributed by atoms with E-state index in [1.165, 1.54) is 19.3 Å². The van der Waals surface area contributed by atoms with Crippen LogP contribution in [0, 0.1) is 0 Å². The van der Waals surface area contributed by atoms with Crippen molar-refractivity contribution in [2.45, 2.75) is 51.5 Å². The van der Waals surface area contributed by atoms with Gasteiger partial charge in [-0.1, -0.05) is 44.0 Å². The van der Waals surface area contributed by atoms with Crippen LogP contribution < -0.4 is 0 Å². The number of aliphatic carboxylic acids is 1. The molecule has 116 valence electrons. The Balaban J connectivity index is 2.11. The maximum Gasteiger partial charge on any atom is 0.304 e. The second kappa shape index (κ2) is 6.80. The lowest BCUT2D eigenvalue weighted by Gasteiger charge is -2.28. The molecule has 1 aliphatic heterocycles. The monoisotopic (exact) mass is 309 g/mol. The summed E-state index contributed by atoms with van der Waals surface area (Å²) in [5.74, 6) is -0.784. The first-order valence-electron chi connectivity index (χ1n) is 7.61. The molecule has 0 spiro atoms. The number of hydrogen-bond acceptors (Lipinski definition) is 2. The maximum atomic E-state index is 11.0. The summed E-state index contributed by atoms with van der Waals surface area (Å²) in [6, 6.07) is 6.01. The highest BCUT2D eigenvalue weighted by Crippen LogP contribution is 2.31. The lowest BCUT2D eigenvalue weighted by Crippen LogP contribution is -2.29. The van der Waals surface area contributed by atoms with Crippen LogP contribution in [0.5, 0.6) is 0 Å². The molecule has 21 heavy (non-hydrogen) atoms. The minimum Gasteiger partial charge on any atom is -0.481 e. The fourth-order valence-electron chi connectivity index (χ4n) is 2.94. The molecule has 4 heteroatoms. The van der Waals surface area contributed by atoms with Crippen molar-refractivity contribution in [3.05, 3.63) is 34.3 Å². The number of piperidine rings is 1. The van der Waals surface area contributed by atoms with Gasteiger partial charge in [-0.15, -0.1) is 0 Å². The first-order chi connectivity index (χ1) is 9.88. The summed E-state index contributed by atoms with van der Waals surface area (Å²) >= 11 is 6.42. The zero-order valence-corrected chi connectivity index (χ0v) is 13.6. The highest BCUT2D eigenvalue weighted by molar-refractivity contribution is 6.31. The van der Waals surface area contributed by atoms with Crippen molar-refractivity contribution in [3.8, 4) is 0 Å². The number of carbonyl (C=O) groups is 1. The van der Waals surface area contributed by atoms with E-state index in [2.05, 4.69) is 11.0 Å². The highest BCUT2D eigenvalue weighted by atomic mass is 35.5. The van der Waals surface area contributed by atoms with Gasteiger partial charge in [0, 0.05) is 17.0 Å². The van der Waals surface area contributed by atoms with Crippen molar-refractivity contribution in [2.75, 3.05) is 13.1 Å². The SMILES string of the molecule is CC(C)(CC(=O)O)c1ccc(CN2CCCCC2)c(Cl)c1. The second-order valence-corrected chi connectivity index (χ2v) is 7.00. The van der Waals surface area contributed by atoms with E-state index >= 15 is 0 Å². The van der Waals surface area contributed by atoms with E-state index in [-0.39, 0.29) is 6.42 Å². The number of carboxylic acid groups (broad SMARTS) is 1. The summed E-state index contributed by atoms with van der Waals surface area (Å²) in [5, 5.41) is 9.76. The van der Waals surface area contributed by atoms with Crippen LogP contribution in [0.4, 0.5) is 0 Å². The predicted octanol–water partition coefficient (Wildman–Crippen LogP) is 4.08. The van der Waals surface area contributed by atoms with Crippen molar-refractivity contribution in [2.24, 2.45) is 0 Å². The molecule has 0 bridgehead atoms. The van der Waals surface area contributed by atoms with Gasteiger partial charge in [0.05, 0.1) is 6.42 Å². The third kappa shape index (κ3) is 4.45. The van der Waals surface area contributed by atoms with E-state index in [4.69, 9.17) is 16.7 Å². The van der Waals surface area contributed by atoms with Gasteiger partial charge in [0.1, 0.15) is 0 Å². The average Bonchev–Trinajstić information content (AvgIpc) is 2.40. The average molecular weight is 310 g/mol. The normalized spacial score (nSPS) is 16.9. The molecule has 0 saturated carbocycles. The minimum absolute atomic E-state index is 0.106. The number of likely N-dealkylation sites (tertiary alicyclic amines) is 1. The molecule has 0 aromatic heterocycles. The standard InChI is InChI=1S/C17H24ClNO2/c1-17(2,11-16(20)21)14-7-6-13(15(18)10-14)12-19-8-4-3-5-9-19/h6-7,10H,3-5,8-9,11-12H2,1-2H3,(H,20,21). The summed E-state index contributed by atoms with van der Waals surface area (Å²) in [4.78, 5) is 13.4. The van der Waals surface area contributed by atoms with Gasteiger partial charge in [-0.25, -0.2) is 0 Å². The van der Waals surface area contributed by atoms with Crippen molar-refractivity contribution in [1.29, 1.82) is 0 Å². The van der Waals surface area contributed by atoms with Gasteiger partial charge >= 0.3 is 5.97 Å². The van der Waals surface area contributed by atoms with Gasteiger partial charge in [-0.05, 0) is 43.1 Å². The molecule has 1 aromatic rings. The summed E-state index contributed by atoms with van der Waals surface area (Å²) in [6.45, 7) is 7.05. The third-order valence-corrected chi connectivity index (χ3v) is 4.62. The maximum absolute atomic E-state index is 11.0. The smallest absolute Gasteiger partial charge is 0.304 e. The largest absolute Gasteiger partial charge is 0.481 e. The molecule has 0 atom stereocenters. The summed E-state index contributed by atoms with van der Waals surface area (Å²) < 4.78 is 0. The Morgan fingerprint density at radius 3 is 2.52 bits per heavy atom. The molecule has 0 unspecified atom stereocenters. The van der Waals surface area contributed by atoms with Crippen LogP contribution in [-0.4, -0.2) is 29.1 Å². The number of halogens is 1. The number of benzene rings is 1. The van der Waals surface area contributed by atoms with Crippen LogP contribution in [0.25, 0.3) is 0 Å².